The Morgan fingerprint density at radius 2 is 1.92 bits per heavy atom. The number of hydrogen-bond donors (Lipinski definition) is 0. The molecule has 0 aliphatic carbocycles. The molecule has 0 bridgehead atoms. The SMILES string of the molecule is C[C@@H]1CC2(C[C@H](C)O1)OCCC2=O. The maximum atomic E-state index is 11.7. The molecule has 2 aliphatic rings. The van der Waals surface area contributed by atoms with Crippen molar-refractivity contribution in [1.82, 2.24) is 0 Å². The van der Waals surface area contributed by atoms with Crippen molar-refractivity contribution >= 4 is 5.78 Å². The van der Waals surface area contributed by atoms with Crippen LogP contribution in [-0.4, -0.2) is 30.2 Å². The standard InChI is InChI=1S/C10H16O3/c1-7-5-10(6-8(2)13-7)9(11)3-4-12-10/h7-8H,3-6H2,1-2H3/t7-,8+,10?. The van der Waals surface area contributed by atoms with Crippen molar-refractivity contribution in [3.8, 4) is 0 Å². The quantitative estimate of drug-likeness (QED) is 0.569. The molecule has 13 heavy (non-hydrogen) atoms. The highest BCUT2D eigenvalue weighted by molar-refractivity contribution is 5.89. The largest absolute Gasteiger partial charge is 0.375 e. The molecule has 2 aliphatic heterocycles. The number of rotatable bonds is 0. The van der Waals surface area contributed by atoms with Gasteiger partial charge in [-0.2, -0.15) is 0 Å². The average molecular weight is 184 g/mol. The van der Waals surface area contributed by atoms with Crippen LogP contribution in [0.25, 0.3) is 0 Å². The zero-order chi connectivity index (χ0) is 9.47. The molecule has 3 heteroatoms. The predicted octanol–water partition coefficient (Wildman–Crippen LogP) is 1.30. The van der Waals surface area contributed by atoms with Crippen molar-refractivity contribution in [2.24, 2.45) is 0 Å². The molecule has 0 aromatic rings. The number of carbonyl (C=O) groups excluding carboxylic acids is 1. The molecule has 3 nitrogen and oxygen atoms in total. The van der Waals surface area contributed by atoms with E-state index in [1.807, 2.05) is 13.8 Å². The lowest BCUT2D eigenvalue weighted by Crippen LogP contribution is -2.47. The van der Waals surface area contributed by atoms with Gasteiger partial charge in [0.25, 0.3) is 0 Å². The summed E-state index contributed by atoms with van der Waals surface area (Å²) in [5.74, 6) is 0.273. The normalized spacial score (nSPS) is 45.8. The van der Waals surface area contributed by atoms with Crippen LogP contribution in [0.3, 0.4) is 0 Å². The van der Waals surface area contributed by atoms with Gasteiger partial charge in [0.1, 0.15) is 5.60 Å². The third-order valence-corrected chi connectivity index (χ3v) is 2.91. The van der Waals surface area contributed by atoms with Crippen LogP contribution in [0, 0.1) is 0 Å². The van der Waals surface area contributed by atoms with Gasteiger partial charge in [-0.3, -0.25) is 4.79 Å². The molecular weight excluding hydrogens is 168 g/mol. The zero-order valence-electron chi connectivity index (χ0n) is 8.21. The van der Waals surface area contributed by atoms with E-state index in [-0.39, 0.29) is 18.0 Å². The van der Waals surface area contributed by atoms with Gasteiger partial charge in [-0.25, -0.2) is 0 Å². The summed E-state index contributed by atoms with van der Waals surface area (Å²) in [6, 6.07) is 0. The van der Waals surface area contributed by atoms with Crippen LogP contribution in [0.15, 0.2) is 0 Å². The second-order valence-electron chi connectivity index (χ2n) is 4.18. The molecule has 2 heterocycles. The number of carbonyl (C=O) groups is 1. The van der Waals surface area contributed by atoms with E-state index in [1.165, 1.54) is 0 Å². The van der Waals surface area contributed by atoms with Crippen LogP contribution >= 0.6 is 0 Å². The number of ketones is 1. The van der Waals surface area contributed by atoms with Gasteiger partial charge in [-0.1, -0.05) is 0 Å². The maximum absolute atomic E-state index is 11.7. The molecule has 2 saturated heterocycles. The molecule has 0 aromatic heterocycles. The van der Waals surface area contributed by atoms with E-state index in [1.54, 1.807) is 0 Å². The molecular formula is C10H16O3. The van der Waals surface area contributed by atoms with Crippen LogP contribution in [0.2, 0.25) is 0 Å². The van der Waals surface area contributed by atoms with Gasteiger partial charge in [0.15, 0.2) is 5.78 Å². The lowest BCUT2D eigenvalue weighted by molar-refractivity contribution is -0.159. The lowest BCUT2D eigenvalue weighted by atomic mass is 9.84. The number of Topliss-reactive ketones (excluding diaryl/α,β-unsaturated/α-hetero) is 1. The Hall–Kier alpha value is -0.410. The summed E-state index contributed by atoms with van der Waals surface area (Å²) in [7, 11) is 0. The second kappa shape index (κ2) is 3.07. The minimum Gasteiger partial charge on any atom is -0.375 e. The lowest BCUT2D eigenvalue weighted by Gasteiger charge is -2.38. The van der Waals surface area contributed by atoms with E-state index >= 15 is 0 Å². The van der Waals surface area contributed by atoms with E-state index in [2.05, 4.69) is 0 Å². The Kier molecular flexibility index (Phi) is 2.16. The molecule has 74 valence electrons. The molecule has 0 amide bonds. The van der Waals surface area contributed by atoms with Crippen molar-refractivity contribution in [3.63, 3.8) is 0 Å². The number of ether oxygens (including phenoxy) is 2. The minimum atomic E-state index is -0.489. The first-order valence-electron chi connectivity index (χ1n) is 4.95. The highest BCUT2D eigenvalue weighted by atomic mass is 16.5. The predicted molar refractivity (Wildman–Crippen MR) is 47.6 cm³/mol. The van der Waals surface area contributed by atoms with Crippen LogP contribution in [0.1, 0.15) is 33.1 Å². The van der Waals surface area contributed by atoms with E-state index in [9.17, 15) is 4.79 Å². The molecule has 2 rings (SSSR count). The third-order valence-electron chi connectivity index (χ3n) is 2.91. The van der Waals surface area contributed by atoms with Crippen LogP contribution in [0.5, 0.6) is 0 Å². The highest BCUT2D eigenvalue weighted by Crippen LogP contribution is 2.37. The van der Waals surface area contributed by atoms with Gasteiger partial charge in [0.2, 0.25) is 0 Å². The summed E-state index contributed by atoms with van der Waals surface area (Å²) in [5, 5.41) is 0. The first kappa shape index (κ1) is 9.16. The van der Waals surface area contributed by atoms with E-state index < -0.39 is 5.60 Å². The maximum Gasteiger partial charge on any atom is 0.167 e. The smallest absolute Gasteiger partial charge is 0.167 e. The monoisotopic (exact) mass is 184 g/mol. The third kappa shape index (κ3) is 1.51. The molecule has 1 spiro atoms. The summed E-state index contributed by atoms with van der Waals surface area (Å²) in [6.07, 6.45) is 2.34. The van der Waals surface area contributed by atoms with Gasteiger partial charge < -0.3 is 9.47 Å². The average Bonchev–Trinajstić information content (AvgIpc) is 2.30. The topological polar surface area (TPSA) is 35.5 Å². The van der Waals surface area contributed by atoms with Gasteiger partial charge in [-0.05, 0) is 13.8 Å². The first-order chi connectivity index (χ1) is 6.12. The van der Waals surface area contributed by atoms with Crippen molar-refractivity contribution in [2.75, 3.05) is 6.61 Å². The van der Waals surface area contributed by atoms with Crippen molar-refractivity contribution in [3.05, 3.63) is 0 Å². The van der Waals surface area contributed by atoms with Crippen molar-refractivity contribution < 1.29 is 14.3 Å². The van der Waals surface area contributed by atoms with Crippen LogP contribution < -0.4 is 0 Å². The van der Waals surface area contributed by atoms with Gasteiger partial charge in [0, 0.05) is 19.3 Å². The molecule has 0 aromatic carbocycles. The van der Waals surface area contributed by atoms with Crippen LogP contribution in [0.4, 0.5) is 0 Å². The summed E-state index contributed by atoms with van der Waals surface area (Å²) >= 11 is 0. The fraction of sp³-hybridized carbons (Fsp3) is 0.900. The Labute approximate surface area is 78.4 Å². The first-order valence-corrected chi connectivity index (χ1v) is 4.95. The number of hydrogen-bond acceptors (Lipinski definition) is 3. The van der Waals surface area contributed by atoms with Gasteiger partial charge in [-0.15, -0.1) is 0 Å². The van der Waals surface area contributed by atoms with Crippen molar-refractivity contribution in [1.29, 1.82) is 0 Å². The summed E-state index contributed by atoms with van der Waals surface area (Å²) < 4.78 is 11.2. The van der Waals surface area contributed by atoms with E-state index in [0.29, 0.717) is 13.0 Å². The second-order valence-corrected chi connectivity index (χ2v) is 4.18. The van der Waals surface area contributed by atoms with Crippen LogP contribution in [-0.2, 0) is 14.3 Å². The summed E-state index contributed by atoms with van der Waals surface area (Å²) in [5.41, 5.74) is -0.489. The Morgan fingerprint density at radius 1 is 1.31 bits per heavy atom. The van der Waals surface area contributed by atoms with Gasteiger partial charge in [0.05, 0.1) is 18.8 Å². The molecule has 0 radical (unpaired) electrons. The Bertz CT molecular complexity index is 214. The molecule has 0 N–H and O–H groups in total. The van der Waals surface area contributed by atoms with Gasteiger partial charge >= 0.3 is 0 Å². The van der Waals surface area contributed by atoms with Crippen molar-refractivity contribution in [2.45, 2.75) is 50.9 Å². The summed E-state index contributed by atoms with van der Waals surface area (Å²) in [6.45, 7) is 4.61. The zero-order valence-corrected chi connectivity index (χ0v) is 8.21. The fourth-order valence-corrected chi connectivity index (χ4v) is 2.50. The fourth-order valence-electron chi connectivity index (χ4n) is 2.50. The Morgan fingerprint density at radius 3 is 2.38 bits per heavy atom. The van der Waals surface area contributed by atoms with E-state index in [4.69, 9.17) is 9.47 Å². The Balaban J connectivity index is 2.16. The summed E-state index contributed by atoms with van der Waals surface area (Å²) in [4.78, 5) is 11.7. The highest BCUT2D eigenvalue weighted by Gasteiger charge is 2.48. The minimum absolute atomic E-state index is 0.144. The molecule has 3 atom stereocenters. The molecule has 0 saturated carbocycles. The molecule has 1 unspecified atom stereocenters. The molecule has 2 fully saturated rings. The van der Waals surface area contributed by atoms with E-state index in [0.717, 1.165) is 12.8 Å².